The van der Waals surface area contributed by atoms with Crippen LogP contribution in [0.2, 0.25) is 10.0 Å². The van der Waals surface area contributed by atoms with E-state index in [1.54, 1.807) is 0 Å². The van der Waals surface area contributed by atoms with Gasteiger partial charge in [-0.25, -0.2) is 4.79 Å². The van der Waals surface area contributed by atoms with Gasteiger partial charge in [0.05, 0.1) is 21.9 Å². The SMILES string of the molecule is CN[C@@H]1C(=O)N[C@@H]2Cc3ccc(cc3)Oc3cc4cc(c3O[C@@H]3O[C@H](C(=O)O)[C@@H](O)[C@H](O)[C@H]3NC(=O)CCCCCCCCC(C)C)Oc3ccc(cc3Cl)[C@@H](O)[C@@H]3NC(=O)[C@H](NC(=O)[C@@H]4NC(=O)[C@@H](NC2=O)c2cc(cc(O)c2Cl)Oc2cc1ccc2O)c1ccc(O)c(c1)-c1c(O[C@H]2O[C@H](CO)[C@@H](O)[C@H](O)[C@@H]2O)cc(O)cc1[C@H](C(=O)NCCCN(C)N=O)NC3=O. The minimum atomic E-state index is -2.47. The molecule has 688 valence electrons. The molecule has 17 bridgehead atoms. The molecule has 8 aliphatic rings. The Morgan fingerprint density at radius 2 is 1.23 bits per heavy atom. The minimum absolute atomic E-state index is 0.00532. The van der Waals surface area contributed by atoms with Crippen LogP contribution in [0.25, 0.3) is 11.1 Å². The number of nitrogens with one attached hydrogen (secondary N) is 9. The molecule has 8 heterocycles. The number of hydrogen-bond acceptors (Lipinski definition) is 30. The van der Waals surface area contributed by atoms with E-state index in [9.17, 15) is 80.6 Å². The third-order valence-corrected chi connectivity index (χ3v) is 23.5. The number of benzene rings is 7. The fourth-order valence-electron chi connectivity index (χ4n) is 15.9. The number of nitroso groups, excluding NO2 is 1. The maximum absolute atomic E-state index is 16.8. The average molecular weight is 1830 g/mol. The van der Waals surface area contributed by atoms with Crippen LogP contribution >= 0.6 is 23.2 Å². The molecule has 0 radical (unpaired) electrons. The Morgan fingerprint density at radius 3 is 1.93 bits per heavy atom. The highest BCUT2D eigenvalue weighted by Crippen LogP contribution is 2.51. The van der Waals surface area contributed by atoms with Crippen LogP contribution in [-0.2, 0) is 59.0 Å². The summed E-state index contributed by atoms with van der Waals surface area (Å²) in [5, 5.41) is 165. The van der Waals surface area contributed by atoms with Crippen molar-refractivity contribution in [3.05, 3.63) is 169 Å². The van der Waals surface area contributed by atoms with Gasteiger partial charge >= 0.3 is 5.97 Å². The Bertz CT molecular complexity index is 5400. The van der Waals surface area contributed by atoms with Gasteiger partial charge in [0, 0.05) is 61.8 Å². The summed E-state index contributed by atoms with van der Waals surface area (Å²) in [5.74, 6) is -18.0. The number of rotatable bonds is 23. The van der Waals surface area contributed by atoms with Crippen molar-refractivity contribution in [2.45, 2.75) is 188 Å². The van der Waals surface area contributed by atoms with Crippen molar-refractivity contribution in [1.82, 2.24) is 52.9 Å². The lowest BCUT2D eigenvalue weighted by Gasteiger charge is -2.41. The number of aliphatic carboxylic acids is 1. The Morgan fingerprint density at radius 1 is 0.581 bits per heavy atom. The van der Waals surface area contributed by atoms with E-state index in [2.05, 4.69) is 67.0 Å². The first-order valence-corrected chi connectivity index (χ1v) is 42.2. The van der Waals surface area contributed by atoms with E-state index in [1.807, 2.05) is 0 Å². The van der Waals surface area contributed by atoms with Crippen LogP contribution in [0.15, 0.2) is 121 Å². The first-order chi connectivity index (χ1) is 61.6. The zero-order valence-electron chi connectivity index (χ0n) is 69.6. The van der Waals surface area contributed by atoms with Crippen LogP contribution in [0, 0.1) is 10.8 Å². The van der Waals surface area contributed by atoms with Crippen LogP contribution in [-0.4, -0.2) is 227 Å². The summed E-state index contributed by atoms with van der Waals surface area (Å²) in [7, 11) is 2.76. The molecule has 0 aliphatic carbocycles. The number of ether oxygens (including phenoxy) is 7. The monoisotopic (exact) mass is 1830 g/mol. The zero-order valence-corrected chi connectivity index (χ0v) is 71.1. The molecule has 7 aromatic carbocycles. The normalized spacial score (nSPS) is 25.6. The Labute approximate surface area is 745 Å². The number of nitrogens with zero attached hydrogens (tertiary/aromatic N) is 2. The number of aliphatic hydroxyl groups excluding tert-OH is 7. The van der Waals surface area contributed by atoms with Crippen molar-refractivity contribution in [3.63, 3.8) is 0 Å². The molecule has 0 saturated carbocycles. The van der Waals surface area contributed by atoms with Gasteiger partial charge in [0.2, 0.25) is 65.6 Å². The number of fused-ring (bicyclic) bond motifs is 14. The quantitative estimate of drug-likeness (QED) is 0.0242. The Kier molecular flexibility index (Phi) is 29.9. The number of carbonyl (C=O) groups is 9. The van der Waals surface area contributed by atoms with E-state index in [0.29, 0.717) is 18.8 Å². The van der Waals surface area contributed by atoms with Gasteiger partial charge in [0.1, 0.15) is 131 Å². The highest BCUT2D eigenvalue weighted by atomic mass is 35.5. The number of phenols is 4. The van der Waals surface area contributed by atoms with Gasteiger partial charge in [0.25, 0.3) is 0 Å². The lowest BCUT2D eigenvalue weighted by Crippen LogP contribution is -2.66. The van der Waals surface area contributed by atoms with Crippen LogP contribution in [0.1, 0.15) is 147 Å². The zero-order chi connectivity index (χ0) is 92.7. The predicted molar refractivity (Wildman–Crippen MR) is 452 cm³/mol. The van der Waals surface area contributed by atoms with Crippen LogP contribution in [0.5, 0.6) is 69.0 Å². The topological polar surface area (TPSA) is 602 Å². The van der Waals surface area contributed by atoms with Gasteiger partial charge in [-0.15, -0.1) is 4.91 Å². The first-order valence-electron chi connectivity index (χ1n) is 41.4. The lowest BCUT2D eigenvalue weighted by molar-refractivity contribution is -0.277. The summed E-state index contributed by atoms with van der Waals surface area (Å²) in [5.41, 5.74) is -2.96. The fraction of sp³-hybridized carbons (Fsp3) is 0.414. The third kappa shape index (κ3) is 21.3. The molecule has 40 nitrogen and oxygen atoms in total. The highest BCUT2D eigenvalue weighted by molar-refractivity contribution is 6.33. The molecule has 129 heavy (non-hydrogen) atoms. The molecular weight excluding hydrogens is 1730 g/mol. The number of halogens is 2. The second-order valence-corrected chi connectivity index (χ2v) is 33.1. The van der Waals surface area contributed by atoms with Crippen molar-refractivity contribution in [2.75, 3.05) is 33.8 Å². The maximum atomic E-state index is 16.8. The number of carboxylic acid groups (broad SMARTS) is 1. The van der Waals surface area contributed by atoms with Gasteiger partial charge in [-0.3, -0.25) is 43.4 Å². The molecule has 0 spiro atoms. The molecule has 8 aliphatic heterocycles. The smallest absolute Gasteiger partial charge is 0.335 e. The third-order valence-electron chi connectivity index (χ3n) is 22.8. The summed E-state index contributed by atoms with van der Waals surface area (Å²) in [6.45, 7) is 2.93. The maximum Gasteiger partial charge on any atom is 0.335 e. The number of carboxylic acids is 1. The number of phenolic OH excluding ortho intramolecular Hbond substituents is 4. The average Bonchev–Trinajstić information content (AvgIpc) is 0.741. The van der Waals surface area contributed by atoms with Crippen molar-refractivity contribution in [1.29, 1.82) is 0 Å². The second-order valence-electron chi connectivity index (χ2n) is 32.4. The number of likely N-dealkylation sites (N-methyl/N-ethyl adjacent to an activating group) is 1. The van der Waals surface area contributed by atoms with E-state index in [0.717, 1.165) is 110 Å². The molecule has 42 heteroatoms. The highest BCUT2D eigenvalue weighted by Gasteiger charge is 2.52. The van der Waals surface area contributed by atoms with Crippen molar-refractivity contribution >= 4 is 76.4 Å². The first kappa shape index (κ1) is 94.2. The van der Waals surface area contributed by atoms with Crippen LogP contribution in [0.4, 0.5) is 0 Å². The number of carbonyl (C=O) groups excluding carboxylic acids is 8. The molecule has 0 unspecified atom stereocenters. The van der Waals surface area contributed by atoms with Gasteiger partial charge in [-0.05, 0) is 132 Å². The van der Waals surface area contributed by atoms with Crippen LogP contribution < -0.4 is 71.5 Å². The van der Waals surface area contributed by atoms with Gasteiger partial charge in [-0.1, -0.05) is 106 Å². The van der Waals surface area contributed by atoms with E-state index in [1.165, 1.54) is 56.6 Å². The van der Waals surface area contributed by atoms with E-state index in [4.69, 9.17) is 56.4 Å². The predicted octanol–water partition coefficient (Wildman–Crippen LogP) is 4.22. The molecule has 2 fully saturated rings. The largest absolute Gasteiger partial charge is 0.508 e. The minimum Gasteiger partial charge on any atom is -0.508 e. The van der Waals surface area contributed by atoms with E-state index >= 15 is 28.8 Å². The molecule has 21 N–H and O–H groups in total. The number of hydrogen-bond donors (Lipinski definition) is 21. The fourth-order valence-corrected chi connectivity index (χ4v) is 16.3. The summed E-state index contributed by atoms with van der Waals surface area (Å²) in [4.78, 5) is 150. The number of aliphatic hydroxyl groups is 7. The molecule has 7 aromatic rings. The molecule has 8 amide bonds. The van der Waals surface area contributed by atoms with Crippen molar-refractivity contribution in [2.24, 2.45) is 11.2 Å². The number of unbranched alkanes of at least 4 members (excludes halogenated alkanes) is 5. The summed E-state index contributed by atoms with van der Waals surface area (Å²) in [6.07, 6.45) is -16.4. The molecule has 15 rings (SSSR count). The van der Waals surface area contributed by atoms with E-state index < -0.39 is 271 Å². The summed E-state index contributed by atoms with van der Waals surface area (Å²) in [6, 6.07) is 5.07. The molecular formula is C87H97Cl2N11O29. The molecule has 0 aromatic heterocycles. The van der Waals surface area contributed by atoms with Gasteiger partial charge in [-0.2, -0.15) is 0 Å². The standard InChI is InChI=1S/C87H97Cl2N11O29/c1-37(2)12-9-7-5-6-8-10-13-60(106)93-69-72(109)74(111)77(85(120)121)129-86(69)128-76-57-30-42-31-58(76)125-54-23-18-41(28-49(54)88)70(107)68-84(119)97-66(79(114)91-24-11-25-100(4)99-122)47-32-43(102)33-56(126-87-75(112)73(110)71(108)59(36-101)127-87)61(47)46-27-39(16-21-51(46)103)64(81(116)98-68)94-82(117)65(42)95-83(118)67-48-34-45(35-53(105)62(48)89)124-55-29-40(17-22-52(55)104)63(90-3)80(115)92-50(78(113)96-67)26-38-14-19-44(123-57)20-15-38/h14-23,27-35,37,50,59,63-75,77,86-87,90,101-105,107-112H,5-13,24-26,36H2,1-4H3,(H,91,114)(H,92,115)(H,93,106)(H,94,117)(H,95,118)(H,96,113)(H,97,119)(H,98,116)(H,120,121)/t50-,59-,63+,64-,65-,66-,67+,68+,69-,70-,71-,72-,73+,74+,75+,77+,86-,87+/m1/s1. The van der Waals surface area contributed by atoms with Gasteiger partial charge in [0.15, 0.2) is 29.1 Å². The lowest BCUT2D eigenvalue weighted by atomic mass is 9.89. The Balaban J connectivity index is 1.04. The Hall–Kier alpha value is -12.5. The summed E-state index contributed by atoms with van der Waals surface area (Å²) < 4.78 is 44.4. The van der Waals surface area contributed by atoms with Crippen molar-refractivity contribution in [3.8, 4) is 80.1 Å². The van der Waals surface area contributed by atoms with E-state index in [-0.39, 0.29) is 59.9 Å². The second kappa shape index (κ2) is 40.9. The van der Waals surface area contributed by atoms with Crippen molar-refractivity contribution < 1.29 is 138 Å². The molecule has 18 atom stereocenters. The van der Waals surface area contributed by atoms with Crippen LogP contribution in [0.3, 0.4) is 0 Å². The number of aromatic hydroxyl groups is 4. The molecule has 2 saturated heterocycles. The van der Waals surface area contributed by atoms with Gasteiger partial charge < -0.3 is 142 Å². The number of amides is 8. The summed E-state index contributed by atoms with van der Waals surface area (Å²) >= 11 is 14.3.